The molecule has 1 fully saturated rings. The van der Waals surface area contributed by atoms with E-state index in [2.05, 4.69) is 14.1 Å². The lowest BCUT2D eigenvalue weighted by Crippen LogP contribution is -2.34. The molecule has 1 N–H and O–H groups in total. The number of nitrogens with zero attached hydrogens (tertiary/aromatic N) is 2. The molecule has 0 amide bonds. The Bertz CT molecular complexity index is 330. The molecule has 1 aliphatic carbocycles. The maximum atomic E-state index is 13.2. The van der Waals surface area contributed by atoms with E-state index in [0.29, 0.717) is 12.8 Å². The van der Waals surface area contributed by atoms with Gasteiger partial charge in [-0.15, -0.1) is 0 Å². The molecule has 0 aromatic carbocycles. The number of rotatable bonds is 2. The maximum Gasteiger partial charge on any atom is 0.267 e. The molecular weight excluding hydrogens is 232 g/mol. The summed E-state index contributed by atoms with van der Waals surface area (Å²) in [5.74, 6) is -2.39. The van der Waals surface area contributed by atoms with Gasteiger partial charge in [0.05, 0.1) is 17.8 Å². The third-order valence-electron chi connectivity index (χ3n) is 2.27. The minimum Gasteiger partial charge on any atom is -0.358 e. The SMILES string of the molecule is FC1(F)CCCC1Nc1nsnc1Cl. The van der Waals surface area contributed by atoms with Gasteiger partial charge in [0.2, 0.25) is 0 Å². The molecule has 1 unspecified atom stereocenters. The van der Waals surface area contributed by atoms with Gasteiger partial charge in [0, 0.05) is 6.42 Å². The molecule has 1 heterocycles. The Morgan fingerprint density at radius 2 is 2.29 bits per heavy atom. The molecular formula is C7H8ClF2N3S. The Hall–Kier alpha value is -0.490. The van der Waals surface area contributed by atoms with Gasteiger partial charge in [-0.3, -0.25) is 0 Å². The zero-order valence-corrected chi connectivity index (χ0v) is 8.71. The fraction of sp³-hybridized carbons (Fsp3) is 0.714. The second-order valence-electron chi connectivity index (χ2n) is 3.25. The zero-order valence-electron chi connectivity index (χ0n) is 7.14. The summed E-state index contributed by atoms with van der Waals surface area (Å²) >= 11 is 6.55. The highest BCUT2D eigenvalue weighted by Gasteiger charge is 2.44. The van der Waals surface area contributed by atoms with Gasteiger partial charge in [-0.2, -0.15) is 8.75 Å². The number of anilines is 1. The Morgan fingerprint density at radius 1 is 1.50 bits per heavy atom. The summed E-state index contributed by atoms with van der Waals surface area (Å²) in [6.07, 6.45) is 0.903. The van der Waals surface area contributed by atoms with Crippen molar-refractivity contribution in [2.75, 3.05) is 5.32 Å². The van der Waals surface area contributed by atoms with Gasteiger partial charge < -0.3 is 5.32 Å². The summed E-state index contributed by atoms with van der Waals surface area (Å²) in [4.78, 5) is 0. The van der Waals surface area contributed by atoms with Gasteiger partial charge >= 0.3 is 0 Å². The Kier molecular flexibility index (Phi) is 2.57. The molecule has 7 heteroatoms. The van der Waals surface area contributed by atoms with Crippen LogP contribution in [0.25, 0.3) is 0 Å². The first-order valence-corrected chi connectivity index (χ1v) is 5.33. The van der Waals surface area contributed by atoms with E-state index in [9.17, 15) is 8.78 Å². The van der Waals surface area contributed by atoms with Crippen molar-refractivity contribution in [2.45, 2.75) is 31.2 Å². The van der Waals surface area contributed by atoms with Crippen molar-refractivity contribution in [3.05, 3.63) is 5.15 Å². The number of aromatic nitrogens is 2. The van der Waals surface area contributed by atoms with Crippen LogP contribution in [0.2, 0.25) is 5.15 Å². The minimum absolute atomic E-state index is 0.0696. The third-order valence-corrected chi connectivity index (χ3v) is 3.16. The number of hydrogen-bond donors (Lipinski definition) is 1. The number of hydrogen-bond acceptors (Lipinski definition) is 4. The van der Waals surface area contributed by atoms with E-state index in [1.54, 1.807) is 0 Å². The van der Waals surface area contributed by atoms with E-state index in [1.807, 2.05) is 0 Å². The lowest BCUT2D eigenvalue weighted by molar-refractivity contribution is -0.000664. The molecule has 2 rings (SSSR count). The van der Waals surface area contributed by atoms with Crippen LogP contribution in [0, 0.1) is 0 Å². The van der Waals surface area contributed by atoms with Crippen molar-refractivity contribution in [1.29, 1.82) is 0 Å². The maximum absolute atomic E-state index is 13.2. The summed E-state index contributed by atoms with van der Waals surface area (Å²) in [5.41, 5.74) is 0. The Balaban J connectivity index is 2.08. The van der Waals surface area contributed by atoms with E-state index < -0.39 is 12.0 Å². The van der Waals surface area contributed by atoms with Gasteiger partial charge in [-0.25, -0.2) is 8.78 Å². The van der Waals surface area contributed by atoms with E-state index in [-0.39, 0.29) is 17.4 Å². The first-order chi connectivity index (χ1) is 6.59. The van der Waals surface area contributed by atoms with Crippen LogP contribution >= 0.6 is 23.3 Å². The third kappa shape index (κ3) is 1.81. The van der Waals surface area contributed by atoms with Gasteiger partial charge in [0.15, 0.2) is 11.0 Å². The Labute approximate surface area is 88.8 Å². The topological polar surface area (TPSA) is 37.8 Å². The largest absolute Gasteiger partial charge is 0.358 e. The van der Waals surface area contributed by atoms with Crippen molar-refractivity contribution in [1.82, 2.24) is 8.75 Å². The lowest BCUT2D eigenvalue weighted by Gasteiger charge is -2.19. The van der Waals surface area contributed by atoms with Crippen LogP contribution in [0.15, 0.2) is 0 Å². The van der Waals surface area contributed by atoms with E-state index in [0.717, 1.165) is 11.7 Å². The molecule has 0 saturated heterocycles. The second kappa shape index (κ2) is 3.58. The van der Waals surface area contributed by atoms with Crippen LogP contribution in [0.4, 0.5) is 14.6 Å². The standard InChI is InChI=1S/C7H8ClF2N3S/c8-5-6(13-14-12-5)11-4-2-1-3-7(4,9)10/h4H,1-3H2,(H,11,13). The Morgan fingerprint density at radius 3 is 2.79 bits per heavy atom. The normalized spacial score (nSPS) is 25.2. The van der Waals surface area contributed by atoms with Gasteiger partial charge in [-0.1, -0.05) is 11.6 Å². The fourth-order valence-corrected chi connectivity index (χ4v) is 2.19. The monoisotopic (exact) mass is 239 g/mol. The van der Waals surface area contributed by atoms with Crippen LogP contribution in [0.1, 0.15) is 19.3 Å². The van der Waals surface area contributed by atoms with Crippen molar-refractivity contribution >= 4 is 29.1 Å². The molecule has 14 heavy (non-hydrogen) atoms. The summed E-state index contributed by atoms with van der Waals surface area (Å²) in [6, 6.07) is -0.858. The molecule has 1 aromatic rings. The molecule has 1 aliphatic rings. The van der Waals surface area contributed by atoms with E-state index in [1.165, 1.54) is 0 Å². The van der Waals surface area contributed by atoms with Crippen LogP contribution in [-0.2, 0) is 0 Å². The average Bonchev–Trinajstić information content (AvgIpc) is 2.62. The second-order valence-corrected chi connectivity index (χ2v) is 4.14. The van der Waals surface area contributed by atoms with Gasteiger partial charge in [0.1, 0.15) is 0 Å². The van der Waals surface area contributed by atoms with E-state index in [4.69, 9.17) is 11.6 Å². The summed E-state index contributed by atoms with van der Waals surface area (Å²) in [5, 5.41) is 2.80. The van der Waals surface area contributed by atoms with Crippen LogP contribution in [-0.4, -0.2) is 20.7 Å². The predicted octanol–water partition coefficient (Wildman–Crippen LogP) is 2.79. The minimum atomic E-state index is -2.66. The molecule has 0 aliphatic heterocycles. The molecule has 1 atom stereocenters. The molecule has 0 bridgehead atoms. The van der Waals surface area contributed by atoms with Gasteiger partial charge in [0.25, 0.3) is 5.92 Å². The summed E-state index contributed by atoms with van der Waals surface area (Å²) < 4.78 is 33.9. The number of alkyl halides is 2. The molecule has 78 valence electrons. The van der Waals surface area contributed by atoms with Crippen molar-refractivity contribution in [2.24, 2.45) is 0 Å². The van der Waals surface area contributed by atoms with Crippen LogP contribution in [0.5, 0.6) is 0 Å². The summed E-state index contributed by atoms with van der Waals surface area (Å²) in [7, 11) is 0. The van der Waals surface area contributed by atoms with E-state index >= 15 is 0 Å². The molecule has 0 spiro atoms. The first-order valence-electron chi connectivity index (χ1n) is 4.22. The molecule has 3 nitrogen and oxygen atoms in total. The van der Waals surface area contributed by atoms with Gasteiger partial charge in [-0.05, 0) is 12.8 Å². The highest BCUT2D eigenvalue weighted by molar-refractivity contribution is 6.99. The number of nitrogens with one attached hydrogen (secondary N) is 1. The van der Waals surface area contributed by atoms with Crippen molar-refractivity contribution < 1.29 is 8.78 Å². The average molecular weight is 240 g/mol. The smallest absolute Gasteiger partial charge is 0.267 e. The predicted molar refractivity (Wildman–Crippen MR) is 51.1 cm³/mol. The molecule has 0 radical (unpaired) electrons. The lowest BCUT2D eigenvalue weighted by atomic mass is 10.2. The quantitative estimate of drug-likeness (QED) is 0.863. The van der Waals surface area contributed by atoms with Crippen molar-refractivity contribution in [3.63, 3.8) is 0 Å². The van der Waals surface area contributed by atoms with Crippen molar-refractivity contribution in [3.8, 4) is 0 Å². The summed E-state index contributed by atoms with van der Waals surface area (Å²) in [6.45, 7) is 0. The molecule has 1 aromatic heterocycles. The fourth-order valence-electron chi connectivity index (χ4n) is 1.53. The first kappa shape index (κ1) is 10.0. The van der Waals surface area contributed by atoms with Crippen LogP contribution in [0.3, 0.4) is 0 Å². The zero-order chi connectivity index (χ0) is 10.2. The molecule has 1 saturated carbocycles. The van der Waals surface area contributed by atoms with Crippen LogP contribution < -0.4 is 5.32 Å². The highest BCUT2D eigenvalue weighted by Crippen LogP contribution is 2.37. The number of halogens is 3. The highest BCUT2D eigenvalue weighted by atomic mass is 35.5.